The van der Waals surface area contributed by atoms with Crippen molar-refractivity contribution < 1.29 is 0 Å². The lowest BCUT2D eigenvalue weighted by Crippen LogP contribution is -2.44. The highest BCUT2D eigenvalue weighted by Gasteiger charge is 2.01. The normalized spacial score (nSPS) is 11.4. The zero-order valence-corrected chi connectivity index (χ0v) is 11.5. The number of nitrogens with one attached hydrogen (secondary N) is 2. The molecule has 0 bridgehead atoms. The quantitative estimate of drug-likeness (QED) is 0.430. The van der Waals surface area contributed by atoms with Crippen LogP contribution in [0.3, 0.4) is 0 Å². The predicted molar refractivity (Wildman–Crippen MR) is 78.1 cm³/mol. The predicted octanol–water partition coefficient (Wildman–Crippen LogP) is 1.02. The third-order valence-electron chi connectivity index (χ3n) is 2.04. The van der Waals surface area contributed by atoms with Gasteiger partial charge in [-0.3, -0.25) is 4.98 Å². The van der Waals surface area contributed by atoms with Gasteiger partial charge in [-0.15, -0.1) is 0 Å². The number of nitrogens with two attached hydrogens (primary N) is 1. The Balaban J connectivity index is 2.60. The average Bonchev–Trinajstić information content (AvgIpc) is 2.33. The Bertz CT molecular complexity index is 402. The van der Waals surface area contributed by atoms with Gasteiger partial charge in [0.2, 0.25) is 0 Å². The summed E-state index contributed by atoms with van der Waals surface area (Å²) in [5, 5.41) is 6.19. The first kappa shape index (κ1) is 14.4. The maximum atomic E-state index is 5.45. The van der Waals surface area contributed by atoms with Crippen molar-refractivity contribution in [1.82, 2.24) is 15.6 Å². The van der Waals surface area contributed by atoms with Crippen LogP contribution in [-0.2, 0) is 6.54 Å². The summed E-state index contributed by atoms with van der Waals surface area (Å²) in [5.41, 5.74) is 6.35. The number of hydrogen-bond donors (Lipinski definition) is 3. The summed E-state index contributed by atoms with van der Waals surface area (Å²) in [6.07, 6.45) is 1.74. The van der Waals surface area contributed by atoms with Crippen LogP contribution in [0.2, 0.25) is 0 Å². The molecule has 0 saturated carbocycles. The van der Waals surface area contributed by atoms with E-state index in [0.29, 0.717) is 18.4 Å². The van der Waals surface area contributed by atoms with Crippen LogP contribution in [0, 0.1) is 5.92 Å². The van der Waals surface area contributed by atoms with Crippen LogP contribution in [0.15, 0.2) is 29.4 Å². The third-order valence-corrected chi connectivity index (χ3v) is 2.15. The summed E-state index contributed by atoms with van der Waals surface area (Å²) >= 11 is 4.81. The van der Waals surface area contributed by atoms with E-state index in [0.717, 1.165) is 12.2 Å². The minimum absolute atomic E-state index is 0.200. The Kier molecular flexibility index (Phi) is 6.07. The van der Waals surface area contributed by atoms with Crippen molar-refractivity contribution in [3.63, 3.8) is 0 Å². The summed E-state index contributed by atoms with van der Waals surface area (Å²) in [4.78, 5) is 8.57. The fourth-order valence-corrected chi connectivity index (χ4v) is 1.31. The molecule has 1 heterocycles. The molecule has 0 saturated heterocycles. The standard InChI is InChI=1S/C12H19N5S/c1-9(2)7-15-12(17-11(13)18)16-8-10-5-3-4-6-14-10/h3-6,9H,7-8H2,1-2H3,(H4,13,15,16,17,18). The molecule has 4 N–H and O–H groups in total. The number of hydrogen-bond acceptors (Lipinski definition) is 3. The van der Waals surface area contributed by atoms with Crippen LogP contribution >= 0.6 is 12.2 Å². The Morgan fingerprint density at radius 3 is 2.83 bits per heavy atom. The molecule has 0 aliphatic rings. The van der Waals surface area contributed by atoms with Gasteiger partial charge in [0.25, 0.3) is 0 Å². The smallest absolute Gasteiger partial charge is 0.197 e. The summed E-state index contributed by atoms with van der Waals surface area (Å²) < 4.78 is 0. The van der Waals surface area contributed by atoms with E-state index in [2.05, 4.69) is 34.5 Å². The van der Waals surface area contributed by atoms with Gasteiger partial charge < -0.3 is 16.4 Å². The van der Waals surface area contributed by atoms with Crippen LogP contribution in [0.25, 0.3) is 0 Å². The first-order chi connectivity index (χ1) is 8.58. The molecule has 0 radical (unpaired) electrons. The van der Waals surface area contributed by atoms with Crippen molar-refractivity contribution in [2.75, 3.05) is 6.54 Å². The van der Waals surface area contributed by atoms with Gasteiger partial charge in [0.15, 0.2) is 11.1 Å². The highest BCUT2D eigenvalue weighted by molar-refractivity contribution is 7.80. The number of rotatable bonds is 4. The molecule has 18 heavy (non-hydrogen) atoms. The molecule has 0 unspecified atom stereocenters. The molecule has 0 atom stereocenters. The molecular weight excluding hydrogens is 246 g/mol. The Hall–Kier alpha value is -1.69. The van der Waals surface area contributed by atoms with Crippen molar-refractivity contribution in [3.8, 4) is 0 Å². The lowest BCUT2D eigenvalue weighted by atomic mass is 10.2. The largest absolute Gasteiger partial charge is 0.376 e. The van der Waals surface area contributed by atoms with E-state index >= 15 is 0 Å². The summed E-state index contributed by atoms with van der Waals surface area (Å²) in [7, 11) is 0. The highest BCUT2D eigenvalue weighted by atomic mass is 32.1. The van der Waals surface area contributed by atoms with Gasteiger partial charge in [-0.1, -0.05) is 19.9 Å². The third kappa shape index (κ3) is 6.15. The van der Waals surface area contributed by atoms with Crippen molar-refractivity contribution >= 4 is 23.3 Å². The van der Waals surface area contributed by atoms with Crippen LogP contribution in [0.5, 0.6) is 0 Å². The second kappa shape index (κ2) is 7.60. The van der Waals surface area contributed by atoms with Gasteiger partial charge in [0.05, 0.1) is 12.2 Å². The number of guanidine groups is 1. The second-order valence-electron chi connectivity index (χ2n) is 4.25. The van der Waals surface area contributed by atoms with Crippen LogP contribution < -0.4 is 16.4 Å². The van der Waals surface area contributed by atoms with Gasteiger partial charge in [0, 0.05) is 12.7 Å². The monoisotopic (exact) mass is 265 g/mol. The number of aliphatic imine (C=N–C) groups is 1. The zero-order valence-electron chi connectivity index (χ0n) is 10.7. The van der Waals surface area contributed by atoms with Crippen LogP contribution in [0.1, 0.15) is 19.5 Å². The first-order valence-electron chi connectivity index (χ1n) is 5.82. The van der Waals surface area contributed by atoms with E-state index in [1.54, 1.807) is 6.20 Å². The SMILES string of the molecule is CC(C)CNC(=NCc1ccccn1)NC(N)=S. The van der Waals surface area contributed by atoms with Crippen molar-refractivity contribution in [2.24, 2.45) is 16.6 Å². The second-order valence-corrected chi connectivity index (χ2v) is 4.69. The molecule has 0 amide bonds. The molecule has 6 heteroatoms. The minimum atomic E-state index is 0.200. The Morgan fingerprint density at radius 1 is 1.50 bits per heavy atom. The van der Waals surface area contributed by atoms with Crippen molar-refractivity contribution in [2.45, 2.75) is 20.4 Å². The maximum absolute atomic E-state index is 5.45. The van der Waals surface area contributed by atoms with Crippen LogP contribution in [0.4, 0.5) is 0 Å². The molecule has 1 rings (SSSR count). The van der Waals surface area contributed by atoms with Gasteiger partial charge in [0.1, 0.15) is 0 Å². The van der Waals surface area contributed by atoms with Gasteiger partial charge in [-0.2, -0.15) is 0 Å². The van der Waals surface area contributed by atoms with Crippen LogP contribution in [-0.4, -0.2) is 22.6 Å². The van der Waals surface area contributed by atoms with Gasteiger partial charge >= 0.3 is 0 Å². The Morgan fingerprint density at radius 2 is 2.28 bits per heavy atom. The molecular formula is C12H19N5S. The maximum Gasteiger partial charge on any atom is 0.197 e. The minimum Gasteiger partial charge on any atom is -0.376 e. The fraction of sp³-hybridized carbons (Fsp3) is 0.417. The highest BCUT2D eigenvalue weighted by Crippen LogP contribution is 1.95. The fourth-order valence-electron chi connectivity index (χ4n) is 1.21. The van der Waals surface area contributed by atoms with E-state index in [4.69, 9.17) is 18.0 Å². The lowest BCUT2D eigenvalue weighted by molar-refractivity contribution is 0.619. The zero-order chi connectivity index (χ0) is 13.4. The number of pyridine rings is 1. The molecule has 0 aliphatic carbocycles. The molecule has 1 aromatic heterocycles. The van der Waals surface area contributed by atoms with Gasteiger partial charge in [-0.05, 0) is 30.3 Å². The summed E-state index contributed by atoms with van der Waals surface area (Å²) in [6.45, 7) is 5.52. The molecule has 1 aromatic rings. The molecule has 98 valence electrons. The van der Waals surface area contributed by atoms with Crippen molar-refractivity contribution in [1.29, 1.82) is 0 Å². The van der Waals surface area contributed by atoms with Gasteiger partial charge in [-0.25, -0.2) is 4.99 Å². The Labute approximate surface area is 113 Å². The van der Waals surface area contributed by atoms with E-state index < -0.39 is 0 Å². The molecule has 5 nitrogen and oxygen atoms in total. The molecule has 0 spiro atoms. The number of nitrogens with zero attached hydrogens (tertiary/aromatic N) is 2. The number of thiocarbonyl (C=S) groups is 1. The summed E-state index contributed by atoms with van der Waals surface area (Å²) in [6, 6.07) is 5.72. The van der Waals surface area contributed by atoms with Crippen molar-refractivity contribution in [3.05, 3.63) is 30.1 Å². The molecule has 0 aliphatic heterocycles. The lowest BCUT2D eigenvalue weighted by Gasteiger charge is -2.12. The molecule has 0 aromatic carbocycles. The van der Waals surface area contributed by atoms with E-state index in [1.165, 1.54) is 0 Å². The average molecular weight is 265 g/mol. The topological polar surface area (TPSA) is 75.3 Å². The van der Waals surface area contributed by atoms with E-state index in [-0.39, 0.29) is 5.11 Å². The first-order valence-corrected chi connectivity index (χ1v) is 6.23. The van der Waals surface area contributed by atoms with E-state index in [1.807, 2.05) is 18.2 Å². The van der Waals surface area contributed by atoms with E-state index in [9.17, 15) is 0 Å². The number of aromatic nitrogens is 1. The molecule has 0 fully saturated rings. The summed E-state index contributed by atoms with van der Waals surface area (Å²) in [5.74, 6) is 1.10.